The zero-order valence-electron chi connectivity index (χ0n) is 7.39. The lowest BCUT2D eigenvalue weighted by Crippen LogP contribution is -2.08. The van der Waals surface area contributed by atoms with Crippen LogP contribution >= 0.6 is 23.5 Å². The molecule has 1 N–H and O–H groups in total. The van der Waals surface area contributed by atoms with Gasteiger partial charge in [-0.25, -0.2) is 5.53 Å². The van der Waals surface area contributed by atoms with Gasteiger partial charge < -0.3 is 0 Å². The first kappa shape index (κ1) is 11.3. The van der Waals surface area contributed by atoms with Crippen molar-refractivity contribution in [2.24, 2.45) is 10.5 Å². The van der Waals surface area contributed by atoms with Gasteiger partial charge in [0, 0.05) is 5.08 Å². The van der Waals surface area contributed by atoms with Crippen LogP contribution in [-0.2, 0) is 0 Å². The van der Waals surface area contributed by atoms with Crippen molar-refractivity contribution < 1.29 is 0 Å². The van der Waals surface area contributed by atoms with E-state index in [1.807, 2.05) is 11.8 Å². The van der Waals surface area contributed by atoms with Crippen molar-refractivity contribution in [3.05, 3.63) is 0 Å². The summed E-state index contributed by atoms with van der Waals surface area (Å²) in [7, 11) is 0. The highest BCUT2D eigenvalue weighted by atomic mass is 32.2. The lowest BCUT2D eigenvalue weighted by Gasteiger charge is -2.16. The third-order valence-electron chi connectivity index (χ3n) is 0.858. The van der Waals surface area contributed by atoms with Crippen LogP contribution in [0.15, 0.2) is 5.11 Å². The van der Waals surface area contributed by atoms with Crippen molar-refractivity contribution >= 4 is 23.5 Å². The molecule has 0 fully saturated rings. The van der Waals surface area contributed by atoms with Gasteiger partial charge in [0.15, 0.2) is 0 Å². The summed E-state index contributed by atoms with van der Waals surface area (Å²) >= 11 is 3.62. The molecule has 0 amide bonds. The number of nitrogens with one attached hydrogen (secondary N) is 1. The lowest BCUT2D eigenvalue weighted by molar-refractivity contribution is 0.481. The lowest BCUT2D eigenvalue weighted by atomic mass is 10.0. The Kier molecular flexibility index (Phi) is 6.05. The van der Waals surface area contributed by atoms with Crippen molar-refractivity contribution in [2.45, 2.75) is 20.8 Å². The monoisotopic (exact) mass is 192 g/mol. The molecule has 0 heterocycles. The fourth-order valence-electron chi connectivity index (χ4n) is 0.490. The van der Waals surface area contributed by atoms with Crippen LogP contribution in [0.1, 0.15) is 20.8 Å². The third kappa shape index (κ3) is 10.3. The van der Waals surface area contributed by atoms with Crippen molar-refractivity contribution in [1.82, 2.24) is 0 Å². The van der Waals surface area contributed by atoms with Crippen LogP contribution in [0.25, 0.3) is 0 Å². The Bertz CT molecular complexity index is 109. The normalized spacial score (nSPS) is 11.5. The quantitative estimate of drug-likeness (QED) is 0.411. The molecule has 2 nitrogen and oxygen atoms in total. The highest BCUT2D eigenvalue weighted by Gasteiger charge is 2.08. The molecule has 0 aromatic carbocycles. The van der Waals surface area contributed by atoms with Crippen molar-refractivity contribution in [1.29, 1.82) is 5.53 Å². The van der Waals surface area contributed by atoms with Crippen molar-refractivity contribution in [2.75, 3.05) is 16.7 Å². The van der Waals surface area contributed by atoms with Gasteiger partial charge >= 0.3 is 0 Å². The van der Waals surface area contributed by atoms with E-state index in [-0.39, 0.29) is 0 Å². The van der Waals surface area contributed by atoms with Gasteiger partial charge in [0.1, 0.15) is 5.88 Å². The second kappa shape index (κ2) is 5.89. The summed E-state index contributed by atoms with van der Waals surface area (Å²) in [6, 6.07) is 0. The smallest absolute Gasteiger partial charge is 0.106 e. The van der Waals surface area contributed by atoms with Crippen LogP contribution in [0.3, 0.4) is 0 Å². The predicted octanol–water partition coefficient (Wildman–Crippen LogP) is 3.44. The van der Waals surface area contributed by atoms with Gasteiger partial charge in [-0.1, -0.05) is 20.8 Å². The minimum Gasteiger partial charge on any atom is -0.209 e. The van der Waals surface area contributed by atoms with E-state index in [0.717, 1.165) is 5.08 Å². The molecule has 0 atom stereocenters. The molecule has 0 bridgehead atoms. The summed E-state index contributed by atoms with van der Waals surface area (Å²) in [6.45, 7) is 6.71. The van der Waals surface area contributed by atoms with E-state index < -0.39 is 0 Å². The van der Waals surface area contributed by atoms with E-state index in [2.05, 4.69) is 25.9 Å². The number of hydrogen-bond donors (Lipinski definition) is 1. The van der Waals surface area contributed by atoms with E-state index in [0.29, 0.717) is 11.3 Å². The van der Waals surface area contributed by atoms with Crippen molar-refractivity contribution in [3.63, 3.8) is 0 Å². The van der Waals surface area contributed by atoms with Gasteiger partial charge in [0.2, 0.25) is 0 Å². The molecule has 0 aromatic heterocycles. The van der Waals surface area contributed by atoms with E-state index in [1.54, 1.807) is 11.8 Å². The average molecular weight is 192 g/mol. The molecule has 0 saturated carbocycles. The zero-order valence-corrected chi connectivity index (χ0v) is 9.02. The number of hydrogen-bond acceptors (Lipinski definition) is 4. The van der Waals surface area contributed by atoms with Gasteiger partial charge in [0.05, 0.1) is 0 Å². The van der Waals surface area contributed by atoms with Gasteiger partial charge in [-0.15, -0.1) is 11.8 Å². The van der Waals surface area contributed by atoms with Crippen LogP contribution in [0.4, 0.5) is 0 Å². The Morgan fingerprint density at radius 3 is 2.36 bits per heavy atom. The van der Waals surface area contributed by atoms with Gasteiger partial charge in [-0.2, -0.15) is 16.9 Å². The molecule has 0 unspecified atom stereocenters. The largest absolute Gasteiger partial charge is 0.209 e. The maximum absolute atomic E-state index is 6.56. The molecular formula is C7H16N2S2. The fraction of sp³-hybridized carbons (Fsp3) is 1.00. The molecule has 0 aliphatic rings. The molecule has 0 aliphatic heterocycles. The van der Waals surface area contributed by atoms with Gasteiger partial charge in [0.25, 0.3) is 0 Å². The number of rotatable bonds is 5. The summed E-state index contributed by atoms with van der Waals surface area (Å²) in [5.74, 6) is 1.79. The van der Waals surface area contributed by atoms with Crippen LogP contribution < -0.4 is 0 Å². The molecule has 0 rings (SSSR count). The minimum absolute atomic E-state index is 0.420. The van der Waals surface area contributed by atoms with Crippen molar-refractivity contribution in [3.8, 4) is 0 Å². The SMILES string of the molecule is CC(C)(C)CSCSCN=N. The molecule has 0 aromatic rings. The fourth-order valence-corrected chi connectivity index (χ4v) is 2.30. The first-order valence-corrected chi connectivity index (χ1v) is 5.86. The Hall–Kier alpha value is 0.300. The number of thioether (sulfide) groups is 2. The van der Waals surface area contributed by atoms with Gasteiger partial charge in [-0.3, -0.25) is 0 Å². The molecule has 66 valence electrons. The topological polar surface area (TPSA) is 36.2 Å². The summed E-state index contributed by atoms with van der Waals surface area (Å²) < 4.78 is 0. The summed E-state index contributed by atoms with van der Waals surface area (Å²) in [4.78, 5) is 0. The first-order valence-electron chi connectivity index (χ1n) is 3.55. The highest BCUT2D eigenvalue weighted by Crippen LogP contribution is 2.22. The maximum Gasteiger partial charge on any atom is 0.106 e. The Balaban J connectivity index is 3.08. The molecule has 0 spiro atoms. The molecule has 0 radical (unpaired) electrons. The Morgan fingerprint density at radius 2 is 1.91 bits per heavy atom. The van der Waals surface area contributed by atoms with Gasteiger partial charge in [-0.05, 0) is 11.2 Å². The second-order valence-corrected chi connectivity index (χ2v) is 5.82. The summed E-state index contributed by atoms with van der Waals surface area (Å²) in [6.07, 6.45) is 0. The predicted molar refractivity (Wildman–Crippen MR) is 54.4 cm³/mol. The van der Waals surface area contributed by atoms with E-state index in [1.165, 1.54) is 5.75 Å². The Labute approximate surface area is 77.4 Å². The van der Waals surface area contributed by atoms with Crippen LogP contribution in [0, 0.1) is 10.9 Å². The van der Waals surface area contributed by atoms with Crippen LogP contribution in [0.5, 0.6) is 0 Å². The molecule has 4 heteroatoms. The number of nitrogens with zero attached hydrogens (tertiary/aromatic N) is 1. The maximum atomic E-state index is 6.56. The van der Waals surface area contributed by atoms with E-state index >= 15 is 0 Å². The minimum atomic E-state index is 0.420. The van der Waals surface area contributed by atoms with Crippen LogP contribution in [0.2, 0.25) is 0 Å². The third-order valence-corrected chi connectivity index (χ3v) is 3.57. The summed E-state index contributed by atoms with van der Waals surface area (Å²) in [5.41, 5.74) is 6.98. The zero-order chi connectivity index (χ0) is 8.74. The van der Waals surface area contributed by atoms with E-state index in [4.69, 9.17) is 5.53 Å². The molecule has 0 aliphatic carbocycles. The first-order chi connectivity index (χ1) is 5.06. The Morgan fingerprint density at radius 1 is 1.27 bits per heavy atom. The summed E-state index contributed by atoms with van der Waals surface area (Å²) in [5, 5.41) is 4.32. The highest BCUT2D eigenvalue weighted by molar-refractivity contribution is 8.15. The molecular weight excluding hydrogens is 176 g/mol. The molecule has 11 heavy (non-hydrogen) atoms. The standard InChI is InChI=1S/C7H16N2S2/c1-7(2,3)4-10-6-11-5-9-8/h8H,4-6H2,1-3H3. The second-order valence-electron chi connectivity index (χ2n) is 3.52. The van der Waals surface area contributed by atoms with Crippen LogP contribution in [-0.4, -0.2) is 16.7 Å². The van der Waals surface area contributed by atoms with E-state index in [9.17, 15) is 0 Å². The molecule has 0 saturated heterocycles. The average Bonchev–Trinajstić information content (AvgIpc) is 1.85.